The molecule has 0 fully saturated rings. The molecule has 0 radical (unpaired) electrons. The van der Waals surface area contributed by atoms with Crippen LogP contribution >= 0.6 is 31.9 Å². The Balaban J connectivity index is 3.28. The SMILES string of the molecule is Cc1cc(Br)nc(Br)c1C(F)F. The number of hydrogen-bond donors (Lipinski definition) is 0. The van der Waals surface area contributed by atoms with Crippen molar-refractivity contribution in [3.63, 3.8) is 0 Å². The average Bonchev–Trinajstić information content (AvgIpc) is 1.82. The highest BCUT2D eigenvalue weighted by atomic mass is 79.9. The topological polar surface area (TPSA) is 12.9 Å². The lowest BCUT2D eigenvalue weighted by molar-refractivity contribution is 0.149. The molecule has 0 N–H and O–H groups in total. The van der Waals surface area contributed by atoms with Crippen LogP contribution in [-0.4, -0.2) is 4.98 Å². The molecule has 0 saturated heterocycles. The molecule has 1 nitrogen and oxygen atoms in total. The van der Waals surface area contributed by atoms with Crippen LogP contribution in [-0.2, 0) is 0 Å². The maximum absolute atomic E-state index is 12.3. The van der Waals surface area contributed by atoms with Gasteiger partial charge in [0.15, 0.2) is 0 Å². The Morgan fingerprint density at radius 3 is 2.42 bits per heavy atom. The van der Waals surface area contributed by atoms with Crippen molar-refractivity contribution >= 4 is 31.9 Å². The largest absolute Gasteiger partial charge is 0.266 e. The number of halogens is 4. The summed E-state index contributed by atoms with van der Waals surface area (Å²) in [6.45, 7) is 1.62. The third-order valence-electron chi connectivity index (χ3n) is 1.41. The van der Waals surface area contributed by atoms with E-state index in [4.69, 9.17) is 0 Å². The minimum absolute atomic E-state index is 0.0433. The molecule has 12 heavy (non-hydrogen) atoms. The normalized spacial score (nSPS) is 10.8. The summed E-state index contributed by atoms with van der Waals surface area (Å²) in [6.07, 6.45) is -2.49. The number of nitrogens with zero attached hydrogens (tertiary/aromatic N) is 1. The van der Waals surface area contributed by atoms with Gasteiger partial charge < -0.3 is 0 Å². The summed E-state index contributed by atoms with van der Waals surface area (Å²) in [6, 6.07) is 1.56. The summed E-state index contributed by atoms with van der Waals surface area (Å²) in [5, 5.41) is 0. The number of hydrogen-bond acceptors (Lipinski definition) is 1. The number of aromatic nitrogens is 1. The fourth-order valence-corrected chi connectivity index (χ4v) is 2.30. The lowest BCUT2D eigenvalue weighted by atomic mass is 10.2. The molecule has 0 atom stereocenters. The number of rotatable bonds is 1. The molecule has 0 saturated carbocycles. The van der Waals surface area contributed by atoms with Gasteiger partial charge in [-0.2, -0.15) is 0 Å². The highest BCUT2D eigenvalue weighted by Gasteiger charge is 2.16. The van der Waals surface area contributed by atoms with Crippen LogP contribution in [0.5, 0.6) is 0 Å². The van der Waals surface area contributed by atoms with Gasteiger partial charge in [0.05, 0.1) is 5.56 Å². The van der Waals surface area contributed by atoms with Crippen LogP contribution in [0.4, 0.5) is 8.78 Å². The molecule has 0 amide bonds. The number of aryl methyl sites for hydroxylation is 1. The minimum Gasteiger partial charge on any atom is -0.233 e. The summed E-state index contributed by atoms with van der Waals surface area (Å²) in [5.41, 5.74) is 0.483. The molecule has 0 aliphatic carbocycles. The van der Waals surface area contributed by atoms with Gasteiger partial charge in [0.2, 0.25) is 0 Å². The Morgan fingerprint density at radius 1 is 1.42 bits per heavy atom. The van der Waals surface area contributed by atoms with Crippen molar-refractivity contribution < 1.29 is 8.78 Å². The average molecular weight is 301 g/mol. The van der Waals surface area contributed by atoms with Crippen molar-refractivity contribution in [3.8, 4) is 0 Å². The highest BCUT2D eigenvalue weighted by molar-refractivity contribution is 9.11. The maximum atomic E-state index is 12.3. The van der Waals surface area contributed by atoms with E-state index >= 15 is 0 Å². The summed E-state index contributed by atoms with van der Waals surface area (Å²) in [5.74, 6) is 0. The Kier molecular flexibility index (Phi) is 3.17. The third-order valence-corrected chi connectivity index (χ3v) is 2.42. The molecule has 5 heteroatoms. The van der Waals surface area contributed by atoms with Gasteiger partial charge in [-0.1, -0.05) is 0 Å². The molecular weight excluding hydrogens is 296 g/mol. The maximum Gasteiger partial charge on any atom is 0.266 e. The Labute approximate surface area is 85.4 Å². The van der Waals surface area contributed by atoms with Crippen molar-refractivity contribution in [2.45, 2.75) is 13.3 Å². The van der Waals surface area contributed by atoms with E-state index in [0.717, 1.165) is 0 Å². The fourth-order valence-electron chi connectivity index (χ4n) is 0.868. The van der Waals surface area contributed by atoms with Gasteiger partial charge in [-0.3, -0.25) is 0 Å². The fraction of sp³-hybridized carbons (Fsp3) is 0.286. The standard InChI is InChI=1S/C7H5Br2F2N/c1-3-2-4(8)12-6(9)5(3)7(10)11/h2,7H,1H3. The van der Waals surface area contributed by atoms with E-state index < -0.39 is 6.43 Å². The molecule has 0 bridgehead atoms. The van der Waals surface area contributed by atoms with Gasteiger partial charge in [-0.15, -0.1) is 0 Å². The van der Waals surface area contributed by atoms with Gasteiger partial charge in [0.25, 0.3) is 6.43 Å². The van der Waals surface area contributed by atoms with E-state index in [2.05, 4.69) is 36.8 Å². The van der Waals surface area contributed by atoms with E-state index in [-0.39, 0.29) is 10.2 Å². The second kappa shape index (κ2) is 3.79. The van der Waals surface area contributed by atoms with Gasteiger partial charge in [-0.25, -0.2) is 13.8 Å². The van der Waals surface area contributed by atoms with Crippen LogP contribution in [0.25, 0.3) is 0 Å². The van der Waals surface area contributed by atoms with E-state index in [0.29, 0.717) is 10.2 Å². The molecule has 1 aromatic rings. The van der Waals surface area contributed by atoms with Crippen molar-refractivity contribution in [1.82, 2.24) is 4.98 Å². The van der Waals surface area contributed by atoms with Crippen molar-refractivity contribution in [2.24, 2.45) is 0 Å². The van der Waals surface area contributed by atoms with Gasteiger partial charge in [0.1, 0.15) is 9.21 Å². The van der Waals surface area contributed by atoms with E-state index in [1.165, 1.54) is 0 Å². The predicted octanol–water partition coefficient (Wildman–Crippen LogP) is 3.85. The van der Waals surface area contributed by atoms with Crippen LogP contribution in [0.2, 0.25) is 0 Å². The predicted molar refractivity (Wildman–Crippen MR) is 49.3 cm³/mol. The van der Waals surface area contributed by atoms with Crippen molar-refractivity contribution in [2.75, 3.05) is 0 Å². The monoisotopic (exact) mass is 299 g/mol. The second-order valence-electron chi connectivity index (χ2n) is 2.27. The van der Waals surface area contributed by atoms with Crippen LogP contribution < -0.4 is 0 Å². The van der Waals surface area contributed by atoms with E-state index in [1.54, 1.807) is 13.0 Å². The molecule has 1 rings (SSSR count). The highest BCUT2D eigenvalue weighted by Crippen LogP contribution is 2.30. The lowest BCUT2D eigenvalue weighted by Crippen LogP contribution is -1.94. The van der Waals surface area contributed by atoms with Gasteiger partial charge in [-0.05, 0) is 50.4 Å². The first-order valence-electron chi connectivity index (χ1n) is 3.13. The zero-order valence-electron chi connectivity index (χ0n) is 6.11. The lowest BCUT2D eigenvalue weighted by Gasteiger charge is -2.06. The van der Waals surface area contributed by atoms with Crippen molar-refractivity contribution in [3.05, 3.63) is 26.4 Å². The quantitative estimate of drug-likeness (QED) is 0.718. The first-order chi connectivity index (χ1) is 5.52. The first-order valence-corrected chi connectivity index (χ1v) is 4.71. The van der Waals surface area contributed by atoms with Crippen LogP contribution in [0.15, 0.2) is 15.3 Å². The van der Waals surface area contributed by atoms with E-state index in [9.17, 15) is 8.78 Å². The number of alkyl halides is 2. The smallest absolute Gasteiger partial charge is 0.233 e. The molecule has 0 aliphatic heterocycles. The first kappa shape index (κ1) is 10.1. The van der Waals surface area contributed by atoms with Crippen molar-refractivity contribution in [1.29, 1.82) is 0 Å². The zero-order chi connectivity index (χ0) is 9.30. The summed E-state index contributed by atoms with van der Waals surface area (Å²) in [4.78, 5) is 3.81. The van der Waals surface area contributed by atoms with E-state index in [1.807, 2.05) is 0 Å². The van der Waals surface area contributed by atoms with Gasteiger partial charge in [0, 0.05) is 0 Å². The molecule has 0 aliphatic rings. The molecule has 1 aromatic heterocycles. The second-order valence-corrected chi connectivity index (χ2v) is 3.83. The van der Waals surface area contributed by atoms with Crippen LogP contribution in [0.3, 0.4) is 0 Å². The minimum atomic E-state index is -2.49. The summed E-state index contributed by atoms with van der Waals surface area (Å²) in [7, 11) is 0. The summed E-state index contributed by atoms with van der Waals surface area (Å²) < 4.78 is 25.4. The van der Waals surface area contributed by atoms with Crippen LogP contribution in [0, 0.1) is 6.92 Å². The molecule has 1 heterocycles. The molecule has 0 aromatic carbocycles. The van der Waals surface area contributed by atoms with Crippen LogP contribution in [0.1, 0.15) is 17.6 Å². The molecular formula is C7H5Br2F2N. The molecule has 66 valence electrons. The van der Waals surface area contributed by atoms with Gasteiger partial charge >= 0.3 is 0 Å². The Morgan fingerprint density at radius 2 is 2.00 bits per heavy atom. The zero-order valence-corrected chi connectivity index (χ0v) is 9.29. The molecule has 0 unspecified atom stereocenters. The third kappa shape index (κ3) is 2.01. The Bertz CT molecular complexity index is 278. The summed E-state index contributed by atoms with van der Waals surface area (Å²) >= 11 is 6.09. The number of pyridine rings is 1. The molecule has 0 spiro atoms. The Hall–Kier alpha value is -0.0300.